The van der Waals surface area contributed by atoms with Crippen molar-refractivity contribution in [3.8, 4) is 0 Å². The van der Waals surface area contributed by atoms with Gasteiger partial charge in [0.2, 0.25) is 0 Å². The minimum absolute atomic E-state index is 0. The van der Waals surface area contributed by atoms with Gasteiger partial charge in [0.15, 0.2) is 0 Å². The number of piperazine rings is 1. The molecule has 0 spiro atoms. The van der Waals surface area contributed by atoms with E-state index in [4.69, 9.17) is 0 Å². The fourth-order valence-electron chi connectivity index (χ4n) is 2.39. The van der Waals surface area contributed by atoms with Crippen LogP contribution in [0.1, 0.15) is 11.3 Å². The van der Waals surface area contributed by atoms with Crippen LogP contribution in [0.25, 0.3) is 0 Å². The molecule has 0 radical (unpaired) electrons. The molecule has 0 aliphatic carbocycles. The van der Waals surface area contributed by atoms with Gasteiger partial charge in [-0.2, -0.15) is 0 Å². The van der Waals surface area contributed by atoms with E-state index in [1.807, 2.05) is 21.9 Å². The van der Waals surface area contributed by atoms with Crippen LogP contribution in [0.2, 0.25) is 0 Å². The number of halogens is 1. The van der Waals surface area contributed by atoms with E-state index < -0.39 is 0 Å². The summed E-state index contributed by atoms with van der Waals surface area (Å²) in [6.07, 6.45) is 1.79. The summed E-state index contributed by atoms with van der Waals surface area (Å²) in [4.78, 5) is 20.4. The van der Waals surface area contributed by atoms with Gasteiger partial charge in [0, 0.05) is 38.9 Å². The lowest BCUT2D eigenvalue weighted by Crippen LogP contribution is -2.50. The molecular weight excluding hydrogens is 252 g/mol. The van der Waals surface area contributed by atoms with Gasteiger partial charge in [-0.25, -0.2) is 4.79 Å². The van der Waals surface area contributed by atoms with Gasteiger partial charge in [0.1, 0.15) is 0 Å². The van der Waals surface area contributed by atoms with Crippen LogP contribution in [0.3, 0.4) is 0 Å². The van der Waals surface area contributed by atoms with E-state index in [2.05, 4.69) is 10.3 Å². The molecule has 0 aromatic carbocycles. The summed E-state index contributed by atoms with van der Waals surface area (Å²) in [6, 6.07) is 4.12. The number of fused-ring (bicyclic) bond motifs is 1. The van der Waals surface area contributed by atoms with Crippen molar-refractivity contribution >= 4 is 18.4 Å². The molecule has 0 unspecified atom stereocenters. The smallest absolute Gasteiger partial charge is 0.320 e. The number of nitrogens with zero attached hydrogens (tertiary/aromatic N) is 3. The van der Waals surface area contributed by atoms with Crippen LogP contribution in [0, 0.1) is 0 Å². The Morgan fingerprint density at radius 2 is 2.00 bits per heavy atom. The summed E-state index contributed by atoms with van der Waals surface area (Å²) >= 11 is 0. The second-order valence-electron chi connectivity index (χ2n) is 4.48. The summed E-state index contributed by atoms with van der Waals surface area (Å²) in [7, 11) is 0. The Kier molecular flexibility index (Phi) is 4.04. The van der Waals surface area contributed by atoms with Crippen LogP contribution in [-0.4, -0.2) is 47.0 Å². The van der Waals surface area contributed by atoms with Gasteiger partial charge in [-0.3, -0.25) is 4.98 Å². The van der Waals surface area contributed by atoms with Crippen molar-refractivity contribution in [2.24, 2.45) is 0 Å². The maximum Gasteiger partial charge on any atom is 0.320 e. The minimum atomic E-state index is 0. The van der Waals surface area contributed by atoms with Gasteiger partial charge in [-0.1, -0.05) is 6.07 Å². The zero-order valence-corrected chi connectivity index (χ0v) is 10.9. The fourth-order valence-corrected chi connectivity index (χ4v) is 2.39. The van der Waals surface area contributed by atoms with E-state index in [0.29, 0.717) is 13.1 Å². The molecule has 0 atom stereocenters. The Morgan fingerprint density at radius 1 is 1.22 bits per heavy atom. The van der Waals surface area contributed by atoms with E-state index in [0.717, 1.165) is 31.9 Å². The highest BCUT2D eigenvalue weighted by molar-refractivity contribution is 5.85. The average molecular weight is 269 g/mol. The van der Waals surface area contributed by atoms with Crippen molar-refractivity contribution in [2.45, 2.75) is 13.1 Å². The fraction of sp³-hybridized carbons (Fsp3) is 0.500. The van der Waals surface area contributed by atoms with Gasteiger partial charge in [-0.05, 0) is 11.6 Å². The highest BCUT2D eigenvalue weighted by Crippen LogP contribution is 2.21. The summed E-state index contributed by atoms with van der Waals surface area (Å²) in [5.74, 6) is 0. The predicted molar refractivity (Wildman–Crippen MR) is 70.6 cm³/mol. The summed E-state index contributed by atoms with van der Waals surface area (Å²) < 4.78 is 0. The zero-order valence-electron chi connectivity index (χ0n) is 10.1. The van der Waals surface area contributed by atoms with E-state index in [-0.39, 0.29) is 18.4 Å². The molecule has 1 saturated heterocycles. The largest absolute Gasteiger partial charge is 0.322 e. The Hall–Kier alpha value is -1.33. The first-order valence-electron chi connectivity index (χ1n) is 6.02. The van der Waals surface area contributed by atoms with Crippen LogP contribution < -0.4 is 5.32 Å². The topological polar surface area (TPSA) is 48.5 Å². The van der Waals surface area contributed by atoms with Crippen LogP contribution in [0.4, 0.5) is 4.79 Å². The lowest BCUT2D eigenvalue weighted by atomic mass is 10.2. The molecule has 2 amide bonds. The van der Waals surface area contributed by atoms with Crippen LogP contribution >= 0.6 is 12.4 Å². The normalized spacial score (nSPS) is 18.2. The zero-order chi connectivity index (χ0) is 11.7. The predicted octanol–water partition coefficient (Wildman–Crippen LogP) is 0.844. The third-order valence-electron chi connectivity index (χ3n) is 3.34. The second-order valence-corrected chi connectivity index (χ2v) is 4.48. The number of carbonyl (C=O) groups excluding carboxylic acids is 1. The van der Waals surface area contributed by atoms with Crippen LogP contribution in [-0.2, 0) is 13.1 Å². The van der Waals surface area contributed by atoms with Gasteiger partial charge in [-0.15, -0.1) is 12.4 Å². The molecule has 18 heavy (non-hydrogen) atoms. The molecule has 2 aliphatic heterocycles. The number of hydrogen-bond acceptors (Lipinski definition) is 3. The minimum Gasteiger partial charge on any atom is -0.322 e. The third kappa shape index (κ3) is 2.42. The number of pyridine rings is 1. The third-order valence-corrected chi connectivity index (χ3v) is 3.34. The molecule has 1 N–H and O–H groups in total. The maximum atomic E-state index is 12.3. The first kappa shape index (κ1) is 13.1. The second kappa shape index (κ2) is 5.54. The van der Waals surface area contributed by atoms with E-state index in [1.54, 1.807) is 6.20 Å². The van der Waals surface area contributed by atoms with E-state index in [9.17, 15) is 4.79 Å². The Balaban J connectivity index is 0.00000120. The summed E-state index contributed by atoms with van der Waals surface area (Å²) in [6.45, 7) is 4.75. The number of hydrogen-bond donors (Lipinski definition) is 1. The quantitative estimate of drug-likeness (QED) is 0.759. The van der Waals surface area contributed by atoms with Crippen molar-refractivity contribution in [2.75, 3.05) is 26.2 Å². The Bertz CT molecular complexity index is 409. The van der Waals surface area contributed by atoms with Crippen LogP contribution in [0.5, 0.6) is 0 Å². The molecule has 3 heterocycles. The first-order valence-corrected chi connectivity index (χ1v) is 6.02. The van der Waals surface area contributed by atoms with Crippen molar-refractivity contribution in [3.63, 3.8) is 0 Å². The molecular formula is C12H17ClN4O. The van der Waals surface area contributed by atoms with Crippen LogP contribution in [0.15, 0.2) is 18.3 Å². The van der Waals surface area contributed by atoms with Crippen molar-refractivity contribution in [1.29, 1.82) is 0 Å². The average Bonchev–Trinajstić information content (AvgIpc) is 2.82. The monoisotopic (exact) mass is 268 g/mol. The molecule has 3 rings (SSSR count). The highest BCUT2D eigenvalue weighted by atomic mass is 35.5. The number of amides is 2. The number of aromatic nitrogens is 1. The van der Waals surface area contributed by atoms with Gasteiger partial charge in [0.25, 0.3) is 0 Å². The standard InChI is InChI=1S/C12H16N4O.ClH/c17-12(15-6-4-13-5-7-15)16-8-10-2-1-3-14-11(10)9-16;/h1-3,13H,4-9H2;1H. The molecule has 0 saturated carbocycles. The Labute approximate surface area is 113 Å². The Morgan fingerprint density at radius 3 is 2.72 bits per heavy atom. The molecule has 1 aromatic rings. The lowest BCUT2D eigenvalue weighted by Gasteiger charge is -2.31. The summed E-state index contributed by atoms with van der Waals surface area (Å²) in [5, 5.41) is 3.25. The van der Waals surface area contributed by atoms with E-state index in [1.165, 1.54) is 5.56 Å². The van der Waals surface area contributed by atoms with Crippen molar-refractivity contribution < 1.29 is 4.79 Å². The maximum absolute atomic E-state index is 12.3. The molecule has 1 aromatic heterocycles. The van der Waals surface area contributed by atoms with Gasteiger partial charge in [0.05, 0.1) is 12.2 Å². The first-order chi connectivity index (χ1) is 8.34. The number of carbonyl (C=O) groups is 1. The molecule has 0 bridgehead atoms. The number of rotatable bonds is 0. The van der Waals surface area contributed by atoms with E-state index >= 15 is 0 Å². The number of nitrogens with one attached hydrogen (secondary N) is 1. The highest BCUT2D eigenvalue weighted by Gasteiger charge is 2.28. The van der Waals surface area contributed by atoms with Gasteiger partial charge < -0.3 is 15.1 Å². The molecule has 6 heteroatoms. The lowest BCUT2D eigenvalue weighted by molar-refractivity contribution is 0.146. The van der Waals surface area contributed by atoms with Crippen molar-refractivity contribution in [1.82, 2.24) is 20.1 Å². The molecule has 1 fully saturated rings. The van der Waals surface area contributed by atoms with Gasteiger partial charge >= 0.3 is 6.03 Å². The molecule has 2 aliphatic rings. The summed E-state index contributed by atoms with van der Waals surface area (Å²) in [5.41, 5.74) is 2.21. The molecule has 5 nitrogen and oxygen atoms in total. The van der Waals surface area contributed by atoms with Crippen molar-refractivity contribution in [3.05, 3.63) is 29.6 Å². The number of urea groups is 1. The molecule has 98 valence electrons. The SMILES string of the molecule is Cl.O=C(N1CCNCC1)N1Cc2cccnc2C1.